The first kappa shape index (κ1) is 16.3. The van der Waals surface area contributed by atoms with E-state index in [-0.39, 0.29) is 28.7 Å². The van der Waals surface area contributed by atoms with Crippen molar-refractivity contribution in [1.29, 1.82) is 0 Å². The first-order valence-corrected chi connectivity index (χ1v) is 10.1. The molecule has 1 aliphatic rings. The highest BCUT2D eigenvalue weighted by Crippen LogP contribution is 2.26. The van der Waals surface area contributed by atoms with Gasteiger partial charge in [0.15, 0.2) is 15.0 Å². The minimum Gasteiger partial charge on any atom is -0.341 e. The second-order valence-corrected chi connectivity index (χ2v) is 9.34. The normalized spacial score (nSPS) is 21.4. The average molecular weight is 353 g/mol. The second kappa shape index (κ2) is 6.16. The fraction of sp³-hybridized carbons (Fsp3) is 0.467. The number of carbonyl (C=O) groups is 1. The summed E-state index contributed by atoms with van der Waals surface area (Å²) in [5, 5.41) is 0.433. The largest absolute Gasteiger partial charge is 0.341 e. The van der Waals surface area contributed by atoms with Crippen molar-refractivity contribution in [2.45, 2.75) is 29.8 Å². The maximum Gasteiger partial charge on any atom is 0.235 e. The summed E-state index contributed by atoms with van der Waals surface area (Å²) in [5.74, 6) is 0.172. The molecule has 6 nitrogen and oxygen atoms in total. The predicted octanol–water partition coefficient (Wildman–Crippen LogP) is 1.46. The number of sulfone groups is 1. The van der Waals surface area contributed by atoms with E-state index in [1.165, 1.54) is 11.8 Å². The Morgan fingerprint density at radius 2 is 2.26 bits per heavy atom. The molecule has 3 rings (SSSR count). The van der Waals surface area contributed by atoms with Crippen LogP contribution >= 0.6 is 11.8 Å². The van der Waals surface area contributed by atoms with Gasteiger partial charge in [-0.05, 0) is 25.5 Å². The van der Waals surface area contributed by atoms with Gasteiger partial charge in [-0.15, -0.1) is 0 Å². The SMILES string of the molecule is C[C@H](Sc1ncc2ccccn12)C(=O)N(C)[C@H]1CCS(=O)(=O)C1. The third-order valence-corrected chi connectivity index (χ3v) is 6.96. The molecule has 1 amide bonds. The molecule has 0 unspecified atom stereocenters. The van der Waals surface area contributed by atoms with E-state index in [0.717, 1.165) is 10.7 Å². The fourth-order valence-corrected chi connectivity index (χ4v) is 5.51. The molecule has 8 heteroatoms. The Morgan fingerprint density at radius 3 is 2.96 bits per heavy atom. The van der Waals surface area contributed by atoms with Gasteiger partial charge in [0.05, 0.1) is 28.5 Å². The summed E-state index contributed by atoms with van der Waals surface area (Å²) >= 11 is 1.39. The lowest BCUT2D eigenvalue weighted by Crippen LogP contribution is -2.41. The number of aromatic nitrogens is 2. The summed E-state index contributed by atoms with van der Waals surface area (Å²) in [6.45, 7) is 1.83. The summed E-state index contributed by atoms with van der Waals surface area (Å²) in [6, 6.07) is 5.60. The molecule has 1 saturated heterocycles. The Bertz CT molecular complexity index is 831. The van der Waals surface area contributed by atoms with Crippen LogP contribution in [0, 0.1) is 0 Å². The highest BCUT2D eigenvalue weighted by atomic mass is 32.2. The van der Waals surface area contributed by atoms with E-state index in [1.807, 2.05) is 35.7 Å². The second-order valence-electron chi connectivity index (χ2n) is 5.80. The van der Waals surface area contributed by atoms with Gasteiger partial charge in [-0.2, -0.15) is 0 Å². The highest BCUT2D eigenvalue weighted by molar-refractivity contribution is 8.00. The van der Waals surface area contributed by atoms with Gasteiger partial charge in [-0.3, -0.25) is 9.20 Å². The number of fused-ring (bicyclic) bond motifs is 1. The van der Waals surface area contributed by atoms with E-state index in [0.29, 0.717) is 6.42 Å². The molecular formula is C15H19N3O3S2. The number of amides is 1. The number of pyridine rings is 1. The number of hydrogen-bond acceptors (Lipinski definition) is 5. The zero-order chi connectivity index (χ0) is 16.6. The van der Waals surface area contributed by atoms with Gasteiger partial charge in [0, 0.05) is 19.3 Å². The van der Waals surface area contributed by atoms with Gasteiger partial charge in [-0.1, -0.05) is 17.8 Å². The molecule has 2 aromatic rings. The minimum atomic E-state index is -3.00. The van der Waals surface area contributed by atoms with Crippen molar-refractivity contribution in [3.8, 4) is 0 Å². The van der Waals surface area contributed by atoms with Crippen molar-refractivity contribution in [2.75, 3.05) is 18.6 Å². The summed E-state index contributed by atoms with van der Waals surface area (Å²) < 4.78 is 25.1. The van der Waals surface area contributed by atoms with Crippen molar-refractivity contribution in [3.63, 3.8) is 0 Å². The Morgan fingerprint density at radius 1 is 1.48 bits per heavy atom. The van der Waals surface area contributed by atoms with E-state index < -0.39 is 9.84 Å². The van der Waals surface area contributed by atoms with Crippen LogP contribution in [0.4, 0.5) is 0 Å². The van der Waals surface area contributed by atoms with E-state index >= 15 is 0 Å². The average Bonchev–Trinajstić information content (AvgIpc) is 3.09. The lowest BCUT2D eigenvalue weighted by Gasteiger charge is -2.26. The standard InChI is InChI=1S/C15H19N3O3S2/c1-11(14(19)17(2)13-6-8-23(20,21)10-13)22-15-16-9-12-5-3-4-7-18(12)15/h3-5,7,9,11,13H,6,8,10H2,1-2H3/t11-,13-/m0/s1. The van der Waals surface area contributed by atoms with Crippen LogP contribution in [0.3, 0.4) is 0 Å². The lowest BCUT2D eigenvalue weighted by atomic mass is 10.2. The molecule has 2 aromatic heterocycles. The first-order chi connectivity index (χ1) is 10.9. The van der Waals surface area contributed by atoms with Gasteiger partial charge < -0.3 is 4.90 Å². The van der Waals surface area contributed by atoms with E-state index in [4.69, 9.17) is 0 Å². The molecule has 0 saturated carbocycles. The molecule has 0 bridgehead atoms. The highest BCUT2D eigenvalue weighted by Gasteiger charge is 2.34. The number of carbonyl (C=O) groups excluding carboxylic acids is 1. The quantitative estimate of drug-likeness (QED) is 0.778. The molecule has 1 aliphatic heterocycles. The Balaban J connectivity index is 1.70. The minimum absolute atomic E-state index is 0.0650. The van der Waals surface area contributed by atoms with E-state index in [2.05, 4.69) is 4.98 Å². The summed E-state index contributed by atoms with van der Waals surface area (Å²) in [7, 11) is -1.31. The van der Waals surface area contributed by atoms with Gasteiger partial charge in [0.1, 0.15) is 0 Å². The van der Waals surface area contributed by atoms with Crippen LogP contribution in [0.25, 0.3) is 5.52 Å². The maximum atomic E-state index is 12.6. The zero-order valence-electron chi connectivity index (χ0n) is 13.0. The summed E-state index contributed by atoms with van der Waals surface area (Å²) in [6.07, 6.45) is 4.20. The van der Waals surface area contributed by atoms with Crippen LogP contribution in [-0.4, -0.2) is 58.5 Å². The summed E-state index contributed by atoms with van der Waals surface area (Å²) in [4.78, 5) is 18.5. The number of imidazole rings is 1. The molecule has 2 atom stereocenters. The number of thioether (sulfide) groups is 1. The fourth-order valence-electron chi connectivity index (χ4n) is 2.76. The van der Waals surface area contributed by atoms with Crippen molar-refractivity contribution in [1.82, 2.24) is 14.3 Å². The third-order valence-electron chi connectivity index (χ3n) is 4.14. The maximum absolute atomic E-state index is 12.6. The zero-order valence-corrected chi connectivity index (χ0v) is 14.7. The van der Waals surface area contributed by atoms with Crippen LogP contribution in [0.2, 0.25) is 0 Å². The predicted molar refractivity (Wildman–Crippen MR) is 90.3 cm³/mol. The molecule has 0 aromatic carbocycles. The number of hydrogen-bond donors (Lipinski definition) is 0. The Hall–Kier alpha value is -1.54. The van der Waals surface area contributed by atoms with Crippen molar-refractivity contribution < 1.29 is 13.2 Å². The van der Waals surface area contributed by atoms with Gasteiger partial charge in [0.2, 0.25) is 5.91 Å². The summed E-state index contributed by atoms with van der Waals surface area (Å²) in [5.41, 5.74) is 0.977. The van der Waals surface area contributed by atoms with Crippen LogP contribution in [-0.2, 0) is 14.6 Å². The van der Waals surface area contributed by atoms with Crippen molar-refractivity contribution in [3.05, 3.63) is 30.6 Å². The van der Waals surface area contributed by atoms with Gasteiger partial charge >= 0.3 is 0 Å². The van der Waals surface area contributed by atoms with Crippen molar-refractivity contribution in [2.24, 2.45) is 0 Å². The molecule has 3 heterocycles. The molecule has 124 valence electrons. The first-order valence-electron chi connectivity index (χ1n) is 7.43. The van der Waals surface area contributed by atoms with Gasteiger partial charge in [0.25, 0.3) is 0 Å². The molecule has 0 spiro atoms. The molecule has 0 aliphatic carbocycles. The number of rotatable bonds is 4. The van der Waals surface area contributed by atoms with Crippen LogP contribution in [0.1, 0.15) is 13.3 Å². The topological polar surface area (TPSA) is 71.8 Å². The molecular weight excluding hydrogens is 334 g/mol. The smallest absolute Gasteiger partial charge is 0.235 e. The Kier molecular flexibility index (Phi) is 4.37. The molecule has 1 fully saturated rings. The monoisotopic (exact) mass is 353 g/mol. The lowest BCUT2D eigenvalue weighted by molar-refractivity contribution is -0.130. The van der Waals surface area contributed by atoms with Crippen LogP contribution < -0.4 is 0 Å². The van der Waals surface area contributed by atoms with Crippen LogP contribution in [0.15, 0.2) is 35.7 Å². The Labute approximate surface area is 139 Å². The van der Waals surface area contributed by atoms with Crippen molar-refractivity contribution >= 4 is 33.0 Å². The molecule has 0 radical (unpaired) electrons. The van der Waals surface area contributed by atoms with E-state index in [9.17, 15) is 13.2 Å². The third kappa shape index (κ3) is 3.37. The molecule has 23 heavy (non-hydrogen) atoms. The molecule has 0 N–H and O–H groups in total. The van der Waals surface area contributed by atoms with Gasteiger partial charge in [-0.25, -0.2) is 13.4 Å². The van der Waals surface area contributed by atoms with E-state index in [1.54, 1.807) is 18.1 Å². The van der Waals surface area contributed by atoms with Crippen LogP contribution in [0.5, 0.6) is 0 Å². The number of nitrogens with zero attached hydrogens (tertiary/aromatic N) is 3.